The van der Waals surface area contributed by atoms with Crippen LogP contribution >= 0.6 is 0 Å². The van der Waals surface area contributed by atoms with Crippen LogP contribution in [0, 0.1) is 0 Å². The van der Waals surface area contributed by atoms with Crippen LogP contribution in [-0.2, 0) is 33.4 Å². The Morgan fingerprint density at radius 1 is 0.513 bits per heavy atom. The van der Waals surface area contributed by atoms with Crippen LogP contribution in [0.4, 0.5) is 0 Å². The number of hydrogen-bond acceptors (Lipinski definition) is 7. The van der Waals surface area contributed by atoms with Crippen molar-refractivity contribution in [2.75, 3.05) is 59.3 Å². The van der Waals surface area contributed by atoms with Crippen molar-refractivity contribution >= 4 is 23.6 Å². The summed E-state index contributed by atoms with van der Waals surface area (Å²) in [5, 5.41) is 11.1. The van der Waals surface area contributed by atoms with E-state index >= 15 is 0 Å². The molecule has 0 aliphatic heterocycles. The minimum atomic E-state index is -0.948. The van der Waals surface area contributed by atoms with E-state index in [0.29, 0.717) is 58.7 Å². The molecule has 0 atom stereocenters. The predicted molar refractivity (Wildman–Crippen MR) is 151 cm³/mol. The first-order chi connectivity index (χ1) is 18.8. The summed E-state index contributed by atoms with van der Waals surface area (Å²) in [4.78, 5) is 46.0. The van der Waals surface area contributed by atoms with Gasteiger partial charge in [-0.25, -0.2) is 0 Å². The molecule has 11 nitrogen and oxygen atoms in total. The molecule has 0 aliphatic rings. The van der Waals surface area contributed by atoms with E-state index in [2.05, 4.69) is 47.6 Å². The highest BCUT2D eigenvalue weighted by atomic mass is 16.5. The van der Waals surface area contributed by atoms with Crippen molar-refractivity contribution in [1.29, 1.82) is 0 Å². The lowest BCUT2D eigenvalue weighted by molar-refractivity contribution is -0.123. The highest BCUT2D eigenvalue weighted by Crippen LogP contribution is 2.11. The van der Waals surface area contributed by atoms with Gasteiger partial charge in [0.2, 0.25) is 23.6 Å². The number of ether oxygens (including phenoxy) is 3. The molecule has 0 fully saturated rings. The summed E-state index contributed by atoms with van der Waals surface area (Å²) in [5.41, 5.74) is -0.948. The molecule has 0 unspecified atom stereocenters. The van der Waals surface area contributed by atoms with Gasteiger partial charge in [-0.1, -0.05) is 26.3 Å². The van der Waals surface area contributed by atoms with E-state index in [0.717, 1.165) is 19.3 Å². The van der Waals surface area contributed by atoms with E-state index in [1.807, 2.05) is 0 Å². The van der Waals surface area contributed by atoms with Crippen molar-refractivity contribution < 1.29 is 33.4 Å². The maximum absolute atomic E-state index is 12.3. The van der Waals surface area contributed by atoms with Crippen LogP contribution in [0.15, 0.2) is 50.6 Å². The standard InChI is InChI=1S/C28H46N4O7/c1-5-24(33)29-15-9-12-18-37-21-28(32-27(36)8-4,22-38-19-13-10-16-30-25(34)6-2)23-39-20-14-11-17-31-26(35)7-3/h5-8H,1-4,9-23H2,(H,29,33)(H,30,34)(H,31,35)(H,32,36). The number of carbonyl (C=O) groups excluding carboxylic acids is 4. The second kappa shape index (κ2) is 23.8. The molecule has 0 aliphatic carbocycles. The quantitative estimate of drug-likeness (QED) is 0.0939. The van der Waals surface area contributed by atoms with Crippen LogP contribution in [0.2, 0.25) is 0 Å². The third-order valence-electron chi connectivity index (χ3n) is 5.31. The number of carbonyl (C=O) groups is 4. The van der Waals surface area contributed by atoms with Crippen molar-refractivity contribution in [3.8, 4) is 0 Å². The Balaban J connectivity index is 4.86. The van der Waals surface area contributed by atoms with E-state index < -0.39 is 5.54 Å². The number of unbranched alkanes of at least 4 members (excludes halogenated alkanes) is 3. The molecule has 0 radical (unpaired) electrons. The van der Waals surface area contributed by atoms with Gasteiger partial charge in [-0.05, 0) is 62.8 Å². The van der Waals surface area contributed by atoms with Crippen LogP contribution < -0.4 is 21.3 Å². The molecule has 0 aromatic carbocycles. The Labute approximate surface area is 232 Å². The van der Waals surface area contributed by atoms with Crippen LogP contribution in [0.25, 0.3) is 0 Å². The van der Waals surface area contributed by atoms with E-state index in [1.54, 1.807) is 0 Å². The van der Waals surface area contributed by atoms with Crippen LogP contribution in [0.5, 0.6) is 0 Å². The van der Waals surface area contributed by atoms with Gasteiger partial charge < -0.3 is 35.5 Å². The molecule has 0 spiro atoms. The fourth-order valence-electron chi connectivity index (χ4n) is 3.19. The maximum atomic E-state index is 12.3. The summed E-state index contributed by atoms with van der Waals surface area (Å²) in [6, 6.07) is 0. The normalized spacial score (nSPS) is 10.7. The molecule has 4 amide bonds. The molecule has 39 heavy (non-hydrogen) atoms. The van der Waals surface area contributed by atoms with Crippen molar-refractivity contribution in [3.63, 3.8) is 0 Å². The van der Waals surface area contributed by atoms with Gasteiger partial charge in [0.15, 0.2) is 0 Å². The molecule has 220 valence electrons. The summed E-state index contributed by atoms with van der Waals surface area (Å²) in [6.45, 7) is 17.0. The van der Waals surface area contributed by atoms with Gasteiger partial charge in [0, 0.05) is 39.5 Å². The highest BCUT2D eigenvalue weighted by Gasteiger charge is 2.33. The minimum absolute atomic E-state index is 0.149. The van der Waals surface area contributed by atoms with Crippen LogP contribution in [0.3, 0.4) is 0 Å². The first-order valence-electron chi connectivity index (χ1n) is 13.2. The van der Waals surface area contributed by atoms with Crippen molar-refractivity contribution in [3.05, 3.63) is 50.6 Å². The van der Waals surface area contributed by atoms with Gasteiger partial charge in [-0.15, -0.1) is 0 Å². The average molecular weight is 551 g/mol. The molecule has 0 bridgehead atoms. The summed E-state index contributed by atoms with van der Waals surface area (Å²) in [7, 11) is 0. The maximum Gasteiger partial charge on any atom is 0.244 e. The van der Waals surface area contributed by atoms with Gasteiger partial charge in [-0.2, -0.15) is 0 Å². The monoisotopic (exact) mass is 550 g/mol. The van der Waals surface area contributed by atoms with Crippen LogP contribution in [-0.4, -0.2) is 88.4 Å². The molecule has 0 rings (SSSR count). The number of rotatable bonds is 26. The first-order valence-corrected chi connectivity index (χ1v) is 13.2. The Bertz CT molecular complexity index is 702. The largest absolute Gasteiger partial charge is 0.379 e. The fourth-order valence-corrected chi connectivity index (χ4v) is 3.19. The number of nitrogens with one attached hydrogen (secondary N) is 4. The minimum Gasteiger partial charge on any atom is -0.379 e. The molecule has 0 heterocycles. The Morgan fingerprint density at radius 2 is 0.821 bits per heavy atom. The third kappa shape index (κ3) is 20.4. The Morgan fingerprint density at radius 3 is 1.10 bits per heavy atom. The van der Waals surface area contributed by atoms with Gasteiger partial charge in [0.25, 0.3) is 0 Å². The van der Waals surface area contributed by atoms with E-state index in [-0.39, 0.29) is 43.4 Å². The summed E-state index contributed by atoms with van der Waals surface area (Å²) in [6.07, 6.45) is 9.15. The van der Waals surface area contributed by atoms with Gasteiger partial charge in [-0.3, -0.25) is 19.2 Å². The topological polar surface area (TPSA) is 144 Å². The number of hydrogen-bond donors (Lipinski definition) is 4. The molecule has 0 saturated carbocycles. The lowest BCUT2D eigenvalue weighted by Crippen LogP contribution is -2.58. The highest BCUT2D eigenvalue weighted by molar-refractivity contribution is 5.88. The van der Waals surface area contributed by atoms with E-state index in [1.165, 1.54) is 24.3 Å². The molecular weight excluding hydrogens is 504 g/mol. The lowest BCUT2D eigenvalue weighted by atomic mass is 10.0. The lowest BCUT2D eigenvalue weighted by Gasteiger charge is -2.34. The summed E-state index contributed by atoms with van der Waals surface area (Å²) in [5.74, 6) is -1.04. The molecule has 0 aromatic heterocycles. The predicted octanol–water partition coefficient (Wildman–Crippen LogP) is 1.32. The smallest absolute Gasteiger partial charge is 0.244 e. The second-order valence-corrected chi connectivity index (χ2v) is 8.74. The number of amides is 4. The zero-order valence-electron chi connectivity index (χ0n) is 23.1. The van der Waals surface area contributed by atoms with Gasteiger partial charge in [0.05, 0.1) is 19.8 Å². The van der Waals surface area contributed by atoms with E-state index in [4.69, 9.17) is 14.2 Å². The molecular formula is C28H46N4O7. The van der Waals surface area contributed by atoms with Crippen LogP contribution in [0.1, 0.15) is 38.5 Å². The second-order valence-electron chi connectivity index (χ2n) is 8.74. The molecule has 0 saturated heterocycles. The summed E-state index contributed by atoms with van der Waals surface area (Å²) < 4.78 is 17.7. The Kier molecular flexibility index (Phi) is 21.8. The first kappa shape index (κ1) is 35.7. The zero-order chi connectivity index (χ0) is 29.2. The van der Waals surface area contributed by atoms with E-state index in [9.17, 15) is 19.2 Å². The van der Waals surface area contributed by atoms with Gasteiger partial charge in [0.1, 0.15) is 5.54 Å². The molecule has 0 aromatic rings. The fraction of sp³-hybridized carbons (Fsp3) is 0.571. The third-order valence-corrected chi connectivity index (χ3v) is 5.31. The summed E-state index contributed by atoms with van der Waals surface area (Å²) >= 11 is 0. The zero-order valence-corrected chi connectivity index (χ0v) is 23.1. The molecule has 4 N–H and O–H groups in total. The van der Waals surface area contributed by atoms with Crippen molar-refractivity contribution in [2.24, 2.45) is 0 Å². The average Bonchev–Trinajstić information content (AvgIpc) is 2.94. The SMILES string of the molecule is C=CC(=O)NCCCCOCC(COCCCCNC(=O)C=C)(COCCCCNC(=O)C=C)NC(=O)C=C. The van der Waals surface area contributed by atoms with Crippen molar-refractivity contribution in [2.45, 2.75) is 44.1 Å². The van der Waals surface area contributed by atoms with Gasteiger partial charge >= 0.3 is 0 Å². The Hall–Kier alpha value is -3.28. The van der Waals surface area contributed by atoms with Crippen molar-refractivity contribution in [1.82, 2.24) is 21.3 Å². The molecule has 11 heteroatoms.